The second-order valence-corrected chi connectivity index (χ2v) is 5.06. The molecule has 1 N–H and O–H groups in total. The van der Waals surface area contributed by atoms with Gasteiger partial charge in [0, 0.05) is 11.1 Å². The molecule has 0 spiro atoms. The van der Waals surface area contributed by atoms with Gasteiger partial charge in [-0.1, -0.05) is 24.6 Å². The number of hydrogen-bond acceptors (Lipinski definition) is 1. The molecule has 1 heterocycles. The normalized spacial score (nSPS) is 25.0. The Balaban J connectivity index is 2.50. The molecule has 1 aromatic carbocycles. The zero-order chi connectivity index (χ0) is 11.8. The molecule has 16 heavy (non-hydrogen) atoms. The van der Waals surface area contributed by atoms with Crippen LogP contribution < -0.4 is 5.32 Å². The largest absolute Gasteiger partial charge is 0.308 e. The Morgan fingerprint density at radius 2 is 2.25 bits per heavy atom. The first-order valence-corrected chi connectivity index (χ1v) is 6.18. The Morgan fingerprint density at radius 1 is 1.50 bits per heavy atom. The maximum Gasteiger partial charge on any atom is 0.146 e. The van der Waals surface area contributed by atoms with E-state index in [1.165, 1.54) is 0 Å². The van der Waals surface area contributed by atoms with Gasteiger partial charge in [-0.3, -0.25) is 0 Å². The van der Waals surface area contributed by atoms with Gasteiger partial charge in [0.05, 0.1) is 5.02 Å². The first-order valence-electron chi connectivity index (χ1n) is 5.80. The van der Waals surface area contributed by atoms with Crippen LogP contribution in [0.2, 0.25) is 5.02 Å². The zero-order valence-electron chi connectivity index (χ0n) is 9.74. The topological polar surface area (TPSA) is 12.0 Å². The van der Waals surface area contributed by atoms with Crippen LogP contribution in [0.3, 0.4) is 0 Å². The lowest BCUT2D eigenvalue weighted by molar-refractivity contribution is 0.410. The van der Waals surface area contributed by atoms with Crippen molar-refractivity contribution in [1.82, 2.24) is 5.32 Å². The molecule has 3 heteroatoms. The van der Waals surface area contributed by atoms with Crippen LogP contribution in [0.4, 0.5) is 4.39 Å². The first-order chi connectivity index (χ1) is 7.57. The summed E-state index contributed by atoms with van der Waals surface area (Å²) >= 11 is 5.94. The molecule has 2 rings (SSSR count). The number of benzene rings is 1. The van der Waals surface area contributed by atoms with E-state index >= 15 is 0 Å². The lowest BCUT2D eigenvalue weighted by atomic mass is 9.88. The van der Waals surface area contributed by atoms with Gasteiger partial charge in [0.15, 0.2) is 0 Å². The maximum atomic E-state index is 14.0. The Kier molecular flexibility index (Phi) is 3.22. The summed E-state index contributed by atoms with van der Waals surface area (Å²) in [4.78, 5) is 0. The molecule has 1 aromatic rings. The maximum absolute atomic E-state index is 14.0. The quantitative estimate of drug-likeness (QED) is 0.834. The Morgan fingerprint density at radius 3 is 2.81 bits per heavy atom. The number of hydrogen-bond donors (Lipinski definition) is 1. The van der Waals surface area contributed by atoms with E-state index in [-0.39, 0.29) is 16.4 Å². The summed E-state index contributed by atoms with van der Waals surface area (Å²) in [6.07, 6.45) is 2.93. The van der Waals surface area contributed by atoms with Gasteiger partial charge in [-0.25, -0.2) is 4.39 Å². The van der Waals surface area contributed by atoms with Crippen molar-refractivity contribution < 1.29 is 4.39 Å². The smallest absolute Gasteiger partial charge is 0.146 e. The minimum absolute atomic E-state index is 0.240. The summed E-state index contributed by atoms with van der Waals surface area (Å²) < 4.78 is 14.0. The third-order valence-corrected chi connectivity index (χ3v) is 3.73. The van der Waals surface area contributed by atoms with Crippen molar-refractivity contribution in [3.8, 4) is 0 Å². The molecule has 1 unspecified atom stereocenters. The molecule has 1 aliphatic rings. The molecule has 0 amide bonds. The molecule has 0 bridgehead atoms. The highest BCUT2D eigenvalue weighted by Gasteiger charge is 2.33. The average molecular weight is 242 g/mol. The monoisotopic (exact) mass is 241 g/mol. The lowest BCUT2D eigenvalue weighted by Gasteiger charge is -2.26. The number of aryl methyl sites for hydroxylation is 1. The Labute approximate surface area is 101 Å². The highest BCUT2D eigenvalue weighted by atomic mass is 35.5. The first kappa shape index (κ1) is 11.9. The van der Waals surface area contributed by atoms with Crippen molar-refractivity contribution in [3.05, 3.63) is 34.1 Å². The molecule has 0 aromatic heterocycles. The molecule has 1 nitrogen and oxygen atoms in total. The van der Waals surface area contributed by atoms with Gasteiger partial charge in [-0.15, -0.1) is 0 Å². The van der Waals surface area contributed by atoms with Gasteiger partial charge < -0.3 is 5.32 Å². The molecule has 1 fully saturated rings. The van der Waals surface area contributed by atoms with E-state index in [9.17, 15) is 4.39 Å². The fraction of sp³-hybridized carbons (Fsp3) is 0.538. The van der Waals surface area contributed by atoms with Crippen molar-refractivity contribution in [3.63, 3.8) is 0 Å². The fourth-order valence-corrected chi connectivity index (χ4v) is 2.62. The van der Waals surface area contributed by atoms with Crippen molar-refractivity contribution >= 4 is 11.6 Å². The molecule has 0 radical (unpaired) electrons. The highest BCUT2D eigenvalue weighted by Crippen LogP contribution is 2.35. The van der Waals surface area contributed by atoms with Crippen LogP contribution in [0.1, 0.15) is 37.8 Å². The summed E-state index contributed by atoms with van der Waals surface area (Å²) in [5.41, 5.74) is 1.56. The molecule has 0 saturated carbocycles. The van der Waals surface area contributed by atoms with Gasteiger partial charge in [0.1, 0.15) is 5.82 Å². The van der Waals surface area contributed by atoms with Crippen LogP contribution >= 0.6 is 11.6 Å². The second kappa shape index (κ2) is 4.34. The van der Waals surface area contributed by atoms with E-state index in [1.54, 1.807) is 6.07 Å². The summed E-state index contributed by atoms with van der Waals surface area (Å²) in [6.45, 7) is 5.05. The summed E-state index contributed by atoms with van der Waals surface area (Å²) in [5, 5.41) is 3.61. The van der Waals surface area contributed by atoms with Crippen LogP contribution in [-0.4, -0.2) is 6.54 Å². The molecule has 88 valence electrons. The Bertz CT molecular complexity index is 397. The molecule has 1 aliphatic heterocycles. The van der Waals surface area contributed by atoms with Crippen molar-refractivity contribution in [1.29, 1.82) is 0 Å². The number of nitrogens with one attached hydrogen (secondary N) is 1. The number of halogens is 2. The van der Waals surface area contributed by atoms with Crippen LogP contribution in [-0.2, 0) is 12.0 Å². The number of rotatable bonds is 2. The van der Waals surface area contributed by atoms with Crippen LogP contribution in [0.5, 0.6) is 0 Å². The predicted molar refractivity (Wildman–Crippen MR) is 65.4 cm³/mol. The van der Waals surface area contributed by atoms with E-state index in [2.05, 4.69) is 12.2 Å². The molecule has 0 aliphatic carbocycles. The van der Waals surface area contributed by atoms with Gasteiger partial charge in [-0.2, -0.15) is 0 Å². The predicted octanol–water partition coefficient (Wildman–Crippen LogP) is 3.64. The highest BCUT2D eigenvalue weighted by molar-refractivity contribution is 6.30. The van der Waals surface area contributed by atoms with Crippen LogP contribution in [0.15, 0.2) is 12.1 Å². The third-order valence-electron chi connectivity index (χ3n) is 3.46. The van der Waals surface area contributed by atoms with Crippen LogP contribution in [0.25, 0.3) is 0 Å². The summed E-state index contributed by atoms with van der Waals surface area (Å²) in [5.74, 6) is -0.268. The summed E-state index contributed by atoms with van der Waals surface area (Å²) in [7, 11) is 0. The minimum Gasteiger partial charge on any atom is -0.308 e. The molecule has 1 saturated heterocycles. The molecular formula is C13H17ClFN. The van der Waals surface area contributed by atoms with Gasteiger partial charge in [-0.05, 0) is 44.4 Å². The third kappa shape index (κ3) is 1.96. The van der Waals surface area contributed by atoms with Gasteiger partial charge >= 0.3 is 0 Å². The van der Waals surface area contributed by atoms with Crippen molar-refractivity contribution in [2.45, 2.75) is 38.6 Å². The second-order valence-electron chi connectivity index (χ2n) is 4.66. The summed E-state index contributed by atoms with van der Waals surface area (Å²) in [6, 6.07) is 3.66. The standard InChI is InChI=1S/C13H17ClFN/c1-3-9-7-10(12(15)11(14)8-9)13(2)5-4-6-16-13/h7-8,16H,3-6H2,1-2H3. The molecule has 1 atom stereocenters. The minimum atomic E-state index is -0.268. The van der Waals surface area contributed by atoms with E-state index in [1.807, 2.05) is 13.0 Å². The van der Waals surface area contributed by atoms with Gasteiger partial charge in [0.2, 0.25) is 0 Å². The van der Waals surface area contributed by atoms with Crippen molar-refractivity contribution in [2.75, 3.05) is 6.54 Å². The van der Waals surface area contributed by atoms with E-state index in [0.29, 0.717) is 5.56 Å². The zero-order valence-corrected chi connectivity index (χ0v) is 10.5. The SMILES string of the molecule is CCc1cc(Cl)c(F)c(C2(C)CCCN2)c1. The van der Waals surface area contributed by atoms with E-state index in [4.69, 9.17) is 11.6 Å². The molecular weight excluding hydrogens is 225 g/mol. The fourth-order valence-electron chi connectivity index (χ4n) is 2.38. The van der Waals surface area contributed by atoms with Crippen molar-refractivity contribution in [2.24, 2.45) is 0 Å². The Hall–Kier alpha value is -0.600. The van der Waals surface area contributed by atoms with E-state index < -0.39 is 0 Å². The van der Waals surface area contributed by atoms with Crippen LogP contribution in [0, 0.1) is 5.82 Å². The average Bonchev–Trinajstić information content (AvgIpc) is 2.70. The van der Waals surface area contributed by atoms with E-state index in [0.717, 1.165) is 31.4 Å². The van der Waals surface area contributed by atoms with Gasteiger partial charge in [0.25, 0.3) is 0 Å². The lowest BCUT2D eigenvalue weighted by Crippen LogP contribution is -2.34.